The third-order valence-electron chi connectivity index (χ3n) is 4.78. The van der Waals surface area contributed by atoms with Gasteiger partial charge in [-0.05, 0) is 18.1 Å². The van der Waals surface area contributed by atoms with E-state index < -0.39 is 0 Å². The molecule has 1 aromatic carbocycles. The van der Waals surface area contributed by atoms with Crippen LogP contribution in [0.4, 0.5) is 5.69 Å². The van der Waals surface area contributed by atoms with Crippen molar-refractivity contribution in [1.82, 2.24) is 19.8 Å². The Morgan fingerprint density at radius 1 is 1.21 bits per heavy atom. The van der Waals surface area contributed by atoms with Crippen LogP contribution in [0.3, 0.4) is 0 Å². The molecule has 0 unspecified atom stereocenters. The molecule has 28 heavy (non-hydrogen) atoms. The highest BCUT2D eigenvalue weighted by Crippen LogP contribution is 2.27. The largest absolute Gasteiger partial charge is 0.506 e. The molecule has 2 aromatic rings. The van der Waals surface area contributed by atoms with E-state index in [2.05, 4.69) is 43.5 Å². The quantitative estimate of drug-likeness (QED) is 0.377. The van der Waals surface area contributed by atoms with Crippen LogP contribution in [0, 0.1) is 5.92 Å². The van der Waals surface area contributed by atoms with Crippen LogP contribution in [-0.2, 0) is 13.1 Å². The first-order chi connectivity index (χ1) is 13.1. The molecule has 2 N–H and O–H groups in total. The molecule has 0 spiro atoms. The van der Waals surface area contributed by atoms with Gasteiger partial charge in [-0.15, -0.1) is 24.0 Å². The second-order valence-corrected chi connectivity index (χ2v) is 7.25. The summed E-state index contributed by atoms with van der Waals surface area (Å²) in [5, 5.41) is 13.5. The Morgan fingerprint density at radius 2 is 1.93 bits per heavy atom. The number of phenols is 1. The summed E-state index contributed by atoms with van der Waals surface area (Å²) in [4.78, 5) is 13.4. The molecule has 7 nitrogen and oxygen atoms in total. The van der Waals surface area contributed by atoms with Crippen LogP contribution in [0.1, 0.15) is 19.7 Å². The number of nitrogens with one attached hydrogen (secondary N) is 1. The number of aliphatic imine (C=N–C) groups is 1. The monoisotopic (exact) mass is 498 g/mol. The van der Waals surface area contributed by atoms with Gasteiger partial charge in [-0.3, -0.25) is 4.99 Å². The van der Waals surface area contributed by atoms with E-state index in [1.165, 1.54) is 0 Å². The number of hydrogen-bond acceptors (Lipinski definition) is 4. The minimum absolute atomic E-state index is 0. The van der Waals surface area contributed by atoms with Crippen molar-refractivity contribution in [2.45, 2.75) is 26.9 Å². The summed E-state index contributed by atoms with van der Waals surface area (Å²) >= 11 is 0. The molecule has 3 rings (SSSR count). The second-order valence-electron chi connectivity index (χ2n) is 7.25. The van der Waals surface area contributed by atoms with E-state index in [0.29, 0.717) is 18.2 Å². The number of benzene rings is 1. The lowest BCUT2D eigenvalue weighted by atomic mass is 10.2. The average molecular weight is 498 g/mol. The van der Waals surface area contributed by atoms with E-state index in [1.54, 1.807) is 6.07 Å². The van der Waals surface area contributed by atoms with Crippen molar-refractivity contribution in [3.8, 4) is 5.75 Å². The topological polar surface area (TPSA) is 68.9 Å². The number of halogens is 1. The Bertz CT molecular complexity index is 768. The minimum atomic E-state index is 0. The van der Waals surface area contributed by atoms with E-state index in [4.69, 9.17) is 0 Å². The van der Waals surface area contributed by atoms with Crippen LogP contribution >= 0.6 is 24.0 Å². The third-order valence-corrected chi connectivity index (χ3v) is 4.78. The Hall–Kier alpha value is -1.97. The number of anilines is 1. The number of rotatable bonds is 5. The van der Waals surface area contributed by atoms with Crippen LogP contribution < -0.4 is 10.2 Å². The first kappa shape index (κ1) is 22.3. The molecule has 1 aromatic heterocycles. The lowest BCUT2D eigenvalue weighted by Crippen LogP contribution is -2.52. The number of aromatic hydroxyl groups is 1. The standard InChI is InChI=1S/C20H30N6O.HI/c1-16(2)15-26-9-8-22-19(26)14-23-20(21-3)25-12-10-24(11-13-25)17-6-4-5-7-18(17)27;/h4-9,16,27H,10-15H2,1-3H3,(H,21,23);1H. The summed E-state index contributed by atoms with van der Waals surface area (Å²) in [7, 11) is 1.82. The van der Waals surface area contributed by atoms with E-state index in [9.17, 15) is 5.11 Å². The fraction of sp³-hybridized carbons (Fsp3) is 0.500. The molecule has 1 aliphatic rings. The first-order valence-electron chi connectivity index (χ1n) is 9.57. The number of para-hydroxylation sites is 2. The molecule has 0 bridgehead atoms. The minimum Gasteiger partial charge on any atom is -0.506 e. The van der Waals surface area contributed by atoms with Crippen molar-refractivity contribution in [2.75, 3.05) is 38.1 Å². The molecule has 1 aliphatic heterocycles. The molecule has 0 atom stereocenters. The molecule has 0 saturated carbocycles. The average Bonchev–Trinajstić information content (AvgIpc) is 3.09. The van der Waals surface area contributed by atoms with Crippen LogP contribution in [0.2, 0.25) is 0 Å². The molecule has 1 saturated heterocycles. The van der Waals surface area contributed by atoms with Gasteiger partial charge in [0.05, 0.1) is 12.2 Å². The van der Waals surface area contributed by atoms with Gasteiger partial charge in [0.25, 0.3) is 0 Å². The van der Waals surface area contributed by atoms with Gasteiger partial charge >= 0.3 is 0 Å². The van der Waals surface area contributed by atoms with E-state index in [0.717, 1.165) is 50.2 Å². The maximum Gasteiger partial charge on any atom is 0.194 e. The number of piperazine rings is 1. The highest BCUT2D eigenvalue weighted by atomic mass is 127. The van der Waals surface area contributed by atoms with Gasteiger partial charge < -0.3 is 24.8 Å². The molecular formula is C20H31IN6O. The Morgan fingerprint density at radius 3 is 2.57 bits per heavy atom. The van der Waals surface area contributed by atoms with Crippen molar-refractivity contribution in [3.05, 3.63) is 42.5 Å². The fourth-order valence-electron chi connectivity index (χ4n) is 3.45. The van der Waals surface area contributed by atoms with Crippen LogP contribution in [0.25, 0.3) is 0 Å². The first-order valence-corrected chi connectivity index (χ1v) is 9.57. The summed E-state index contributed by atoms with van der Waals surface area (Å²) in [5.74, 6) is 2.84. The zero-order valence-electron chi connectivity index (χ0n) is 16.9. The van der Waals surface area contributed by atoms with Gasteiger partial charge in [-0.25, -0.2) is 4.98 Å². The molecular weight excluding hydrogens is 467 g/mol. The normalized spacial score (nSPS) is 14.9. The number of aromatic nitrogens is 2. The van der Waals surface area contributed by atoms with Gasteiger partial charge in [-0.2, -0.15) is 0 Å². The SMILES string of the molecule is CN=C(NCc1nccn1CC(C)C)N1CCN(c2ccccc2O)CC1.I. The molecule has 0 aliphatic carbocycles. The van der Waals surface area contributed by atoms with E-state index in [-0.39, 0.29) is 24.0 Å². The number of imidazole rings is 1. The fourth-order valence-corrected chi connectivity index (χ4v) is 3.45. The number of phenolic OH excluding ortho intramolecular Hbond substituents is 1. The van der Waals surface area contributed by atoms with Crippen molar-refractivity contribution >= 4 is 35.6 Å². The van der Waals surface area contributed by atoms with Crippen LogP contribution in [-0.4, -0.2) is 58.7 Å². The number of hydrogen-bond donors (Lipinski definition) is 2. The number of nitrogens with zero attached hydrogens (tertiary/aromatic N) is 5. The van der Waals surface area contributed by atoms with Crippen molar-refractivity contribution in [1.29, 1.82) is 0 Å². The Balaban J connectivity index is 0.00000280. The predicted molar refractivity (Wildman–Crippen MR) is 125 cm³/mol. The van der Waals surface area contributed by atoms with E-state index >= 15 is 0 Å². The molecule has 0 amide bonds. The lowest BCUT2D eigenvalue weighted by Gasteiger charge is -2.37. The van der Waals surface area contributed by atoms with Gasteiger partial charge in [0, 0.05) is 52.2 Å². The van der Waals surface area contributed by atoms with Gasteiger partial charge in [0.1, 0.15) is 11.6 Å². The van der Waals surface area contributed by atoms with Crippen LogP contribution in [0.15, 0.2) is 41.7 Å². The maximum absolute atomic E-state index is 10.1. The molecule has 8 heteroatoms. The number of guanidine groups is 1. The van der Waals surface area contributed by atoms with Crippen molar-refractivity contribution in [3.63, 3.8) is 0 Å². The Labute approximate surface area is 184 Å². The summed E-state index contributed by atoms with van der Waals surface area (Å²) in [6.45, 7) is 9.45. The van der Waals surface area contributed by atoms with Crippen LogP contribution in [0.5, 0.6) is 5.75 Å². The van der Waals surface area contributed by atoms with Crippen molar-refractivity contribution in [2.24, 2.45) is 10.9 Å². The molecule has 0 radical (unpaired) electrons. The molecule has 154 valence electrons. The maximum atomic E-state index is 10.1. The van der Waals surface area contributed by atoms with Crippen molar-refractivity contribution < 1.29 is 5.11 Å². The highest BCUT2D eigenvalue weighted by Gasteiger charge is 2.21. The molecule has 1 fully saturated rings. The highest BCUT2D eigenvalue weighted by molar-refractivity contribution is 14.0. The second kappa shape index (κ2) is 10.5. The zero-order valence-corrected chi connectivity index (χ0v) is 19.2. The summed E-state index contributed by atoms with van der Waals surface area (Å²) in [6.07, 6.45) is 3.89. The van der Waals surface area contributed by atoms with Gasteiger partial charge in [-0.1, -0.05) is 26.0 Å². The molecule has 2 heterocycles. The lowest BCUT2D eigenvalue weighted by molar-refractivity contribution is 0.368. The van der Waals surface area contributed by atoms with Gasteiger partial charge in [0.15, 0.2) is 5.96 Å². The zero-order chi connectivity index (χ0) is 19.2. The summed E-state index contributed by atoms with van der Waals surface area (Å²) < 4.78 is 2.20. The smallest absolute Gasteiger partial charge is 0.194 e. The van der Waals surface area contributed by atoms with Gasteiger partial charge in [0.2, 0.25) is 0 Å². The summed E-state index contributed by atoms with van der Waals surface area (Å²) in [5.41, 5.74) is 0.899. The Kier molecular flexibility index (Phi) is 8.40. The predicted octanol–water partition coefficient (Wildman–Crippen LogP) is 2.76. The third kappa shape index (κ3) is 5.52. The summed E-state index contributed by atoms with van der Waals surface area (Å²) in [6, 6.07) is 7.51. The van der Waals surface area contributed by atoms with E-state index in [1.807, 2.05) is 37.6 Å².